The number of carbonyl (C=O) groups is 1. The first-order chi connectivity index (χ1) is 14.3. The molecule has 0 bridgehead atoms. The molecule has 30 heavy (non-hydrogen) atoms. The van der Waals surface area contributed by atoms with Gasteiger partial charge in [0.2, 0.25) is 15.0 Å². The fourth-order valence-electron chi connectivity index (χ4n) is 2.36. The molecule has 158 valence electrons. The predicted octanol–water partition coefficient (Wildman–Crippen LogP) is 2.43. The number of nitrogens with one attached hydrogen (secondary N) is 2. The van der Waals surface area contributed by atoms with Crippen LogP contribution in [0.3, 0.4) is 0 Å². The molecule has 1 aromatic heterocycles. The maximum Gasteiger partial charge on any atom is 0.286 e. The Kier molecular flexibility index (Phi) is 6.59. The van der Waals surface area contributed by atoms with Crippen LogP contribution < -0.4 is 19.5 Å². The monoisotopic (exact) mass is 452 g/mol. The van der Waals surface area contributed by atoms with E-state index in [4.69, 9.17) is 9.47 Å². The van der Waals surface area contributed by atoms with Gasteiger partial charge >= 0.3 is 0 Å². The molecule has 0 aliphatic heterocycles. The van der Waals surface area contributed by atoms with E-state index in [1.165, 1.54) is 50.6 Å². The third-order valence-electron chi connectivity index (χ3n) is 3.84. The molecule has 12 heteroatoms. The minimum atomic E-state index is -3.95. The summed E-state index contributed by atoms with van der Waals surface area (Å²) in [5.41, 5.74) is 0.393. The Morgan fingerprint density at radius 2 is 1.83 bits per heavy atom. The molecule has 0 unspecified atom stereocenters. The highest BCUT2D eigenvalue weighted by Gasteiger charge is 2.22. The number of nitrogens with zero attached hydrogens (tertiary/aromatic N) is 2. The van der Waals surface area contributed by atoms with E-state index in [2.05, 4.69) is 20.2 Å². The molecule has 0 radical (unpaired) electrons. The number of rotatable bonds is 8. The van der Waals surface area contributed by atoms with E-state index in [1.54, 1.807) is 6.07 Å². The van der Waals surface area contributed by atoms with E-state index >= 15 is 0 Å². The fourth-order valence-corrected chi connectivity index (χ4v) is 4.30. The molecule has 3 aromatic rings. The van der Waals surface area contributed by atoms with Gasteiger partial charge in [-0.15, -0.1) is 10.2 Å². The number of methoxy groups -OCH3 is 2. The average Bonchev–Trinajstić information content (AvgIpc) is 3.23. The number of aromatic nitrogens is 2. The van der Waals surface area contributed by atoms with Gasteiger partial charge in [0.25, 0.3) is 5.91 Å². The minimum Gasteiger partial charge on any atom is -0.497 e. The van der Waals surface area contributed by atoms with Gasteiger partial charge in [0.1, 0.15) is 27.2 Å². The third kappa shape index (κ3) is 5.09. The van der Waals surface area contributed by atoms with Crippen LogP contribution >= 0.6 is 11.3 Å². The molecule has 2 N–H and O–H groups in total. The minimum absolute atomic E-state index is 0.0347. The molecule has 0 atom stereocenters. The Hall–Kier alpha value is -3.09. The van der Waals surface area contributed by atoms with Gasteiger partial charge in [0, 0.05) is 11.8 Å². The third-order valence-corrected chi connectivity index (χ3v) is 6.18. The van der Waals surface area contributed by atoms with Crippen molar-refractivity contribution in [3.8, 4) is 11.5 Å². The van der Waals surface area contributed by atoms with Crippen molar-refractivity contribution in [2.45, 2.75) is 11.4 Å². The van der Waals surface area contributed by atoms with Crippen LogP contribution in [0.2, 0.25) is 0 Å². The second kappa shape index (κ2) is 9.15. The first-order valence-corrected chi connectivity index (χ1v) is 10.7. The zero-order valence-electron chi connectivity index (χ0n) is 15.9. The van der Waals surface area contributed by atoms with Gasteiger partial charge < -0.3 is 14.8 Å². The van der Waals surface area contributed by atoms with Gasteiger partial charge in [0.05, 0.1) is 20.8 Å². The summed E-state index contributed by atoms with van der Waals surface area (Å²) in [6.45, 7) is -0.176. The number of benzene rings is 2. The van der Waals surface area contributed by atoms with Crippen LogP contribution in [0.15, 0.2) is 47.4 Å². The first kappa shape index (κ1) is 21.6. The maximum absolute atomic E-state index is 12.9. The van der Waals surface area contributed by atoms with Crippen LogP contribution in [0.4, 0.5) is 10.1 Å². The summed E-state index contributed by atoms with van der Waals surface area (Å²) in [5, 5.41) is 10.5. The molecule has 1 heterocycles. The summed E-state index contributed by atoms with van der Waals surface area (Å²) < 4.78 is 50.8. The summed E-state index contributed by atoms with van der Waals surface area (Å²) in [5.74, 6) is -0.458. The van der Waals surface area contributed by atoms with Gasteiger partial charge in [0.15, 0.2) is 0 Å². The lowest BCUT2D eigenvalue weighted by molar-refractivity contribution is 0.102. The van der Waals surface area contributed by atoms with E-state index < -0.39 is 21.7 Å². The Labute approximate surface area is 175 Å². The van der Waals surface area contributed by atoms with Crippen LogP contribution in [0.25, 0.3) is 0 Å². The zero-order chi connectivity index (χ0) is 21.7. The highest BCUT2D eigenvalue weighted by Crippen LogP contribution is 2.28. The normalized spacial score (nSPS) is 11.2. The van der Waals surface area contributed by atoms with Crippen LogP contribution in [0.5, 0.6) is 11.5 Å². The molecule has 0 saturated carbocycles. The van der Waals surface area contributed by atoms with Gasteiger partial charge in [-0.1, -0.05) is 11.3 Å². The van der Waals surface area contributed by atoms with Crippen molar-refractivity contribution in [1.82, 2.24) is 14.9 Å². The van der Waals surface area contributed by atoms with E-state index in [0.29, 0.717) is 11.4 Å². The van der Waals surface area contributed by atoms with Gasteiger partial charge in [-0.3, -0.25) is 4.79 Å². The van der Waals surface area contributed by atoms with Crippen LogP contribution in [0, 0.1) is 5.82 Å². The van der Waals surface area contributed by atoms with Gasteiger partial charge in [-0.2, -0.15) is 0 Å². The van der Waals surface area contributed by atoms with Crippen molar-refractivity contribution >= 4 is 33.0 Å². The first-order valence-electron chi connectivity index (χ1n) is 8.43. The number of hydrogen-bond acceptors (Lipinski definition) is 8. The molecule has 0 fully saturated rings. The Balaban J connectivity index is 1.69. The second-order valence-electron chi connectivity index (χ2n) is 5.80. The van der Waals surface area contributed by atoms with Crippen molar-refractivity contribution in [3.63, 3.8) is 0 Å². The van der Waals surface area contributed by atoms with Crippen molar-refractivity contribution in [1.29, 1.82) is 0 Å². The largest absolute Gasteiger partial charge is 0.497 e. The molecule has 0 saturated heterocycles. The van der Waals surface area contributed by atoms with Gasteiger partial charge in [-0.25, -0.2) is 17.5 Å². The van der Waals surface area contributed by atoms with Crippen molar-refractivity contribution < 1.29 is 27.1 Å². The summed E-state index contributed by atoms with van der Waals surface area (Å²) in [4.78, 5) is 12.1. The maximum atomic E-state index is 12.9. The van der Waals surface area contributed by atoms with Gasteiger partial charge in [-0.05, 0) is 36.4 Å². The molecular weight excluding hydrogens is 435 g/mol. The number of hydrogen-bond donors (Lipinski definition) is 2. The highest BCUT2D eigenvalue weighted by atomic mass is 32.2. The molecule has 9 nitrogen and oxygen atoms in total. The molecule has 0 spiro atoms. The predicted molar refractivity (Wildman–Crippen MR) is 108 cm³/mol. The highest BCUT2D eigenvalue weighted by molar-refractivity contribution is 7.89. The lowest BCUT2D eigenvalue weighted by atomic mass is 10.3. The second-order valence-corrected chi connectivity index (χ2v) is 8.60. The summed E-state index contributed by atoms with van der Waals surface area (Å²) in [7, 11) is -1.17. The lowest BCUT2D eigenvalue weighted by Gasteiger charge is -2.11. The number of ether oxygens (including phenoxy) is 2. The summed E-state index contributed by atoms with van der Waals surface area (Å²) in [6, 6.07) is 9.63. The summed E-state index contributed by atoms with van der Waals surface area (Å²) in [6.07, 6.45) is 0. The number of carbonyl (C=O) groups excluding carboxylic acids is 1. The summed E-state index contributed by atoms with van der Waals surface area (Å²) >= 11 is 0.926. The quantitative estimate of drug-likeness (QED) is 0.539. The SMILES string of the molecule is COc1ccc(OC)c(S(=O)(=O)NCc2nnc(C(=O)Nc3ccc(F)cc3)s2)c1. The van der Waals surface area contributed by atoms with Crippen molar-refractivity contribution in [2.75, 3.05) is 19.5 Å². The number of amides is 1. The standard InChI is InChI=1S/C18H17FN4O5S2/c1-27-13-7-8-14(28-2)15(9-13)30(25,26)20-10-16-22-23-18(29-16)17(24)21-12-5-3-11(19)4-6-12/h3-9,20H,10H2,1-2H3,(H,21,24). The van der Waals surface area contributed by atoms with Crippen molar-refractivity contribution in [2.24, 2.45) is 0 Å². The topological polar surface area (TPSA) is 120 Å². The molecule has 1 amide bonds. The smallest absolute Gasteiger partial charge is 0.286 e. The number of anilines is 1. The zero-order valence-corrected chi connectivity index (χ0v) is 17.5. The molecule has 3 rings (SSSR count). The van der Waals surface area contributed by atoms with Crippen LogP contribution in [-0.2, 0) is 16.6 Å². The molecule has 2 aromatic carbocycles. The number of sulfonamides is 1. The van der Waals surface area contributed by atoms with Crippen LogP contribution in [-0.4, -0.2) is 38.7 Å². The van der Waals surface area contributed by atoms with E-state index in [0.717, 1.165) is 11.3 Å². The fraction of sp³-hybridized carbons (Fsp3) is 0.167. The Morgan fingerprint density at radius 3 is 2.50 bits per heavy atom. The Morgan fingerprint density at radius 1 is 1.10 bits per heavy atom. The molecular formula is C18H17FN4O5S2. The Bertz CT molecular complexity index is 1150. The lowest BCUT2D eigenvalue weighted by Crippen LogP contribution is -2.23. The van der Waals surface area contributed by atoms with Crippen molar-refractivity contribution in [3.05, 3.63) is 58.3 Å². The van der Waals surface area contributed by atoms with E-state index in [9.17, 15) is 17.6 Å². The molecule has 0 aliphatic carbocycles. The van der Waals surface area contributed by atoms with E-state index in [-0.39, 0.29) is 27.2 Å². The number of halogens is 1. The van der Waals surface area contributed by atoms with Crippen LogP contribution in [0.1, 0.15) is 14.8 Å². The van der Waals surface area contributed by atoms with E-state index in [1.807, 2.05) is 0 Å². The molecule has 0 aliphatic rings. The average molecular weight is 452 g/mol.